The minimum atomic E-state index is -0.612. The smallest absolute Gasteiger partial charge is 0.336 e. The molecule has 1 heterocycles. The third kappa shape index (κ3) is 4.67. The number of methoxy groups -OCH3 is 2. The summed E-state index contributed by atoms with van der Waals surface area (Å²) < 4.78 is 22.0. The minimum Gasteiger partial charge on any atom is -0.493 e. The number of nitrogens with one attached hydrogen (secondary N) is 1. The summed E-state index contributed by atoms with van der Waals surface area (Å²) in [5, 5.41) is 3.34. The van der Waals surface area contributed by atoms with Gasteiger partial charge in [0, 0.05) is 35.6 Å². The van der Waals surface area contributed by atoms with Crippen molar-refractivity contribution in [2.24, 2.45) is 5.41 Å². The second kappa shape index (κ2) is 9.77. The molecule has 0 aromatic heterocycles. The van der Waals surface area contributed by atoms with Gasteiger partial charge in [-0.1, -0.05) is 26.0 Å². The predicted molar refractivity (Wildman–Crippen MR) is 121 cm³/mol. The van der Waals surface area contributed by atoms with Crippen molar-refractivity contribution in [1.82, 2.24) is 5.32 Å². The molecule has 3 rings (SSSR count). The molecule has 0 saturated heterocycles. The van der Waals surface area contributed by atoms with E-state index in [2.05, 4.69) is 19.2 Å². The summed E-state index contributed by atoms with van der Waals surface area (Å²) in [4.78, 5) is 26.6. The fourth-order valence-corrected chi connectivity index (χ4v) is 4.57. The van der Waals surface area contributed by atoms with Gasteiger partial charge in [0.05, 0.1) is 32.3 Å². The molecule has 1 atom stereocenters. The van der Waals surface area contributed by atoms with Crippen LogP contribution >= 0.6 is 0 Å². The summed E-state index contributed by atoms with van der Waals surface area (Å²) in [6, 6.07) is 5.50. The maximum atomic E-state index is 13.4. The molecule has 0 unspecified atom stereocenters. The molecule has 0 fully saturated rings. The van der Waals surface area contributed by atoms with E-state index in [0.717, 1.165) is 5.70 Å². The van der Waals surface area contributed by atoms with E-state index in [1.165, 1.54) is 0 Å². The van der Waals surface area contributed by atoms with Gasteiger partial charge in [-0.2, -0.15) is 0 Å². The Morgan fingerprint density at radius 2 is 1.91 bits per heavy atom. The lowest BCUT2D eigenvalue weighted by molar-refractivity contribution is -0.140. The Kier molecular flexibility index (Phi) is 7.29. The topological polar surface area (TPSA) is 83.1 Å². The van der Waals surface area contributed by atoms with Gasteiger partial charge in [-0.25, -0.2) is 4.79 Å². The van der Waals surface area contributed by atoms with Gasteiger partial charge >= 0.3 is 5.97 Å². The average molecular weight is 444 g/mol. The lowest BCUT2D eigenvalue weighted by Crippen LogP contribution is -2.39. The number of rotatable bonds is 8. The fourth-order valence-electron chi connectivity index (χ4n) is 4.57. The molecule has 174 valence electrons. The van der Waals surface area contributed by atoms with Gasteiger partial charge in [-0.15, -0.1) is 0 Å². The number of carbonyl (C=O) groups excluding carboxylic acids is 2. The number of hydrogen-bond donors (Lipinski definition) is 1. The maximum absolute atomic E-state index is 13.4. The number of benzene rings is 1. The van der Waals surface area contributed by atoms with Gasteiger partial charge in [0.25, 0.3) is 0 Å². The van der Waals surface area contributed by atoms with Crippen LogP contribution in [0, 0.1) is 5.41 Å². The van der Waals surface area contributed by atoms with Crippen molar-refractivity contribution in [1.29, 1.82) is 0 Å². The van der Waals surface area contributed by atoms with Crippen molar-refractivity contribution in [2.75, 3.05) is 34.0 Å². The van der Waals surface area contributed by atoms with E-state index in [9.17, 15) is 9.59 Å². The molecule has 7 nitrogen and oxygen atoms in total. The first-order valence-electron chi connectivity index (χ1n) is 10.9. The minimum absolute atomic E-state index is 0.0192. The summed E-state index contributed by atoms with van der Waals surface area (Å²) in [6.45, 7) is 8.88. The number of ketones is 1. The van der Waals surface area contributed by atoms with Crippen molar-refractivity contribution in [3.63, 3.8) is 0 Å². The number of ether oxygens (including phenoxy) is 4. The Bertz CT molecular complexity index is 959. The lowest BCUT2D eigenvalue weighted by atomic mass is 9.68. The number of para-hydroxylation sites is 1. The Balaban J connectivity index is 2.13. The van der Waals surface area contributed by atoms with Gasteiger partial charge in [-0.3, -0.25) is 4.79 Å². The molecule has 1 aromatic rings. The van der Waals surface area contributed by atoms with Crippen molar-refractivity contribution < 1.29 is 28.5 Å². The average Bonchev–Trinajstić information content (AvgIpc) is 2.74. The highest BCUT2D eigenvalue weighted by atomic mass is 16.6. The number of allylic oxidation sites excluding steroid dienone is 3. The zero-order chi connectivity index (χ0) is 23.5. The zero-order valence-electron chi connectivity index (χ0n) is 19.8. The second-order valence-corrected chi connectivity index (χ2v) is 8.85. The van der Waals surface area contributed by atoms with Crippen LogP contribution in [-0.2, 0) is 19.1 Å². The summed E-state index contributed by atoms with van der Waals surface area (Å²) in [5.74, 6) is -0.0335. The first-order valence-corrected chi connectivity index (χ1v) is 10.9. The zero-order valence-corrected chi connectivity index (χ0v) is 19.8. The van der Waals surface area contributed by atoms with Crippen LogP contribution in [0.1, 0.15) is 52.0 Å². The summed E-state index contributed by atoms with van der Waals surface area (Å²) >= 11 is 0. The predicted octanol–water partition coefficient (Wildman–Crippen LogP) is 3.89. The van der Waals surface area contributed by atoms with Crippen molar-refractivity contribution in [2.45, 2.75) is 46.5 Å². The molecule has 0 radical (unpaired) electrons. The largest absolute Gasteiger partial charge is 0.493 e. The third-order valence-electron chi connectivity index (χ3n) is 5.87. The quantitative estimate of drug-likeness (QED) is 0.482. The molecule has 0 saturated carbocycles. The Hall–Kier alpha value is -2.80. The van der Waals surface area contributed by atoms with Gasteiger partial charge in [0.1, 0.15) is 6.61 Å². The van der Waals surface area contributed by atoms with Crippen LogP contribution in [0.4, 0.5) is 0 Å². The highest BCUT2D eigenvalue weighted by Crippen LogP contribution is 2.50. The van der Waals surface area contributed by atoms with Crippen LogP contribution in [0.2, 0.25) is 0 Å². The summed E-state index contributed by atoms with van der Waals surface area (Å²) in [7, 11) is 3.12. The molecule has 1 aliphatic carbocycles. The van der Waals surface area contributed by atoms with E-state index in [-0.39, 0.29) is 17.8 Å². The molecule has 1 aliphatic heterocycles. The number of Topliss-reactive ketones (excluding diaryl/α,β-unsaturated/α-hetero) is 1. The van der Waals surface area contributed by atoms with Crippen LogP contribution in [0.25, 0.3) is 0 Å². The van der Waals surface area contributed by atoms with Crippen LogP contribution in [-0.4, -0.2) is 45.8 Å². The van der Waals surface area contributed by atoms with E-state index in [1.54, 1.807) is 20.3 Å². The second-order valence-electron chi connectivity index (χ2n) is 8.85. The van der Waals surface area contributed by atoms with Crippen molar-refractivity contribution >= 4 is 11.8 Å². The lowest BCUT2D eigenvalue weighted by Gasteiger charge is -2.39. The van der Waals surface area contributed by atoms with E-state index in [4.69, 9.17) is 18.9 Å². The monoisotopic (exact) mass is 443 g/mol. The van der Waals surface area contributed by atoms with Crippen LogP contribution in [0.3, 0.4) is 0 Å². The van der Waals surface area contributed by atoms with Crippen molar-refractivity contribution in [3.05, 3.63) is 46.3 Å². The normalized spacial score (nSPS) is 19.9. The highest BCUT2D eigenvalue weighted by Gasteiger charge is 2.44. The molecular weight excluding hydrogens is 410 g/mol. The van der Waals surface area contributed by atoms with Gasteiger partial charge < -0.3 is 24.3 Å². The molecule has 7 heteroatoms. The summed E-state index contributed by atoms with van der Waals surface area (Å²) in [5.41, 5.74) is 3.06. The highest BCUT2D eigenvalue weighted by molar-refractivity contribution is 6.04. The standard InChI is InChI=1S/C25H33NO6/c1-7-31-11-12-32-24(28)20-15(2)26-17-13-25(3,4)14-18(27)22(17)21(20)16-9-8-10-19(29-5)23(16)30-6/h8-10,21,26H,7,11-14H2,1-6H3/t21-/m1/s1. The van der Waals surface area contributed by atoms with E-state index in [1.807, 2.05) is 26.0 Å². The van der Waals surface area contributed by atoms with Gasteiger partial charge in [0.15, 0.2) is 17.3 Å². The first kappa shape index (κ1) is 23.9. The Labute approximate surface area is 189 Å². The van der Waals surface area contributed by atoms with Gasteiger partial charge in [-0.05, 0) is 31.7 Å². The molecule has 2 aliphatic rings. The molecule has 1 N–H and O–H groups in total. The number of esters is 1. The number of hydrogen-bond acceptors (Lipinski definition) is 7. The Morgan fingerprint density at radius 3 is 2.56 bits per heavy atom. The van der Waals surface area contributed by atoms with Crippen LogP contribution in [0.15, 0.2) is 40.7 Å². The molecule has 0 amide bonds. The van der Waals surface area contributed by atoms with Crippen molar-refractivity contribution in [3.8, 4) is 11.5 Å². The third-order valence-corrected chi connectivity index (χ3v) is 5.87. The van der Waals surface area contributed by atoms with Gasteiger partial charge in [0.2, 0.25) is 0 Å². The summed E-state index contributed by atoms with van der Waals surface area (Å²) in [6.07, 6.45) is 1.11. The molecule has 0 spiro atoms. The number of carbonyl (C=O) groups is 2. The maximum Gasteiger partial charge on any atom is 0.336 e. The van der Waals surface area contributed by atoms with E-state index >= 15 is 0 Å². The van der Waals surface area contributed by atoms with Crippen LogP contribution < -0.4 is 14.8 Å². The van der Waals surface area contributed by atoms with E-state index < -0.39 is 11.9 Å². The fraction of sp³-hybridized carbons (Fsp3) is 0.520. The SMILES string of the molecule is CCOCCOC(=O)C1=C(C)NC2=C(C(=O)CC(C)(C)C2)[C@@H]1c1cccc(OC)c1OC. The molecule has 1 aromatic carbocycles. The number of dihydropyridines is 1. The molecule has 0 bridgehead atoms. The first-order chi connectivity index (χ1) is 15.2. The molecule has 32 heavy (non-hydrogen) atoms. The van der Waals surface area contributed by atoms with Crippen LogP contribution in [0.5, 0.6) is 11.5 Å². The molecular formula is C25H33NO6. The Morgan fingerprint density at radius 1 is 1.16 bits per heavy atom. The van der Waals surface area contributed by atoms with E-state index in [0.29, 0.717) is 60.0 Å².